The van der Waals surface area contributed by atoms with Gasteiger partial charge in [0.25, 0.3) is 0 Å². The van der Waals surface area contributed by atoms with E-state index in [1.165, 1.54) is 36.4 Å². The van der Waals surface area contributed by atoms with E-state index in [4.69, 9.17) is 18.9 Å². The summed E-state index contributed by atoms with van der Waals surface area (Å²) >= 11 is 0. The molecule has 0 aromatic heterocycles. The second kappa shape index (κ2) is 12.2. The van der Waals surface area contributed by atoms with Crippen molar-refractivity contribution in [3.8, 4) is 0 Å². The van der Waals surface area contributed by atoms with Crippen LogP contribution in [0.1, 0.15) is 47.8 Å². The van der Waals surface area contributed by atoms with Crippen LogP contribution in [0.5, 0.6) is 0 Å². The number of aliphatic hydroxyl groups is 1. The second-order valence-corrected chi connectivity index (χ2v) is 9.42. The third-order valence-corrected chi connectivity index (χ3v) is 6.35. The predicted octanol–water partition coefficient (Wildman–Crippen LogP) is 4.28. The third-order valence-electron chi connectivity index (χ3n) is 6.35. The van der Waals surface area contributed by atoms with Crippen molar-refractivity contribution in [3.05, 3.63) is 106 Å². The van der Waals surface area contributed by atoms with Crippen molar-refractivity contribution in [1.29, 1.82) is 0 Å². The number of ether oxygens (including phenoxy) is 4. The molecule has 8 nitrogen and oxygen atoms in total. The Morgan fingerprint density at radius 2 is 0.974 bits per heavy atom. The number of carbonyl (C=O) groups is 3. The Labute approximate surface area is 225 Å². The van der Waals surface area contributed by atoms with Crippen molar-refractivity contribution in [1.82, 2.24) is 0 Å². The number of halogens is 1. The highest BCUT2D eigenvalue weighted by Gasteiger charge is 2.53. The van der Waals surface area contributed by atoms with Gasteiger partial charge in [0.2, 0.25) is 6.36 Å². The Kier molecular flexibility index (Phi) is 8.73. The molecule has 1 fully saturated rings. The van der Waals surface area contributed by atoms with Gasteiger partial charge in [-0.1, -0.05) is 53.1 Å². The van der Waals surface area contributed by atoms with Gasteiger partial charge in [0.05, 0.1) is 23.3 Å². The van der Waals surface area contributed by atoms with Gasteiger partial charge in [-0.3, -0.25) is 0 Å². The summed E-state index contributed by atoms with van der Waals surface area (Å²) in [6.45, 7) is 4.77. The first kappa shape index (κ1) is 27.9. The van der Waals surface area contributed by atoms with Gasteiger partial charge in [0.15, 0.2) is 18.3 Å². The Balaban J connectivity index is 1.66. The van der Waals surface area contributed by atoms with Gasteiger partial charge >= 0.3 is 17.9 Å². The van der Waals surface area contributed by atoms with Crippen LogP contribution in [0, 0.1) is 20.8 Å². The lowest BCUT2D eigenvalue weighted by Crippen LogP contribution is -2.61. The monoisotopic (exact) mass is 536 g/mol. The van der Waals surface area contributed by atoms with E-state index in [1.54, 1.807) is 36.4 Å². The molecule has 5 unspecified atom stereocenters. The average Bonchev–Trinajstić information content (AvgIpc) is 2.92. The van der Waals surface area contributed by atoms with Gasteiger partial charge in [0, 0.05) is 0 Å². The van der Waals surface area contributed by atoms with Crippen molar-refractivity contribution in [2.24, 2.45) is 0 Å². The molecule has 0 saturated carbocycles. The lowest BCUT2D eigenvalue weighted by Gasteiger charge is -2.41. The van der Waals surface area contributed by atoms with E-state index in [1.807, 2.05) is 20.8 Å². The number of benzene rings is 3. The van der Waals surface area contributed by atoms with Gasteiger partial charge in [0.1, 0.15) is 6.10 Å². The van der Waals surface area contributed by atoms with Crippen LogP contribution >= 0.6 is 0 Å². The number of carbonyl (C=O) groups excluding carboxylic acids is 3. The lowest BCUT2D eigenvalue weighted by atomic mass is 9.98. The molecule has 3 aromatic carbocycles. The van der Waals surface area contributed by atoms with E-state index in [-0.39, 0.29) is 16.7 Å². The Morgan fingerprint density at radius 1 is 0.641 bits per heavy atom. The van der Waals surface area contributed by atoms with Crippen LogP contribution in [0.25, 0.3) is 0 Å². The number of aliphatic hydroxyl groups excluding tert-OH is 1. The van der Waals surface area contributed by atoms with Crippen LogP contribution in [-0.2, 0) is 18.9 Å². The molecule has 4 rings (SSSR count). The molecular formula is C30H29FO8. The number of esters is 3. The molecule has 1 saturated heterocycles. The molecular weight excluding hydrogens is 507 g/mol. The highest BCUT2D eigenvalue weighted by molar-refractivity contribution is 5.91. The summed E-state index contributed by atoms with van der Waals surface area (Å²) < 4.78 is 37.2. The molecule has 3 aromatic rings. The summed E-state index contributed by atoms with van der Waals surface area (Å²) in [7, 11) is 0. The SMILES string of the molecule is Cc1ccc(C(=O)OC2C(F)OC(CO)C(OC(=O)c3ccc(C)cc3)C2OC(=O)c2ccc(C)cc2)cc1. The molecule has 0 amide bonds. The topological polar surface area (TPSA) is 108 Å². The maximum atomic E-state index is 15.3. The first-order chi connectivity index (χ1) is 18.7. The van der Waals surface area contributed by atoms with Crippen LogP contribution in [0.3, 0.4) is 0 Å². The first-order valence-electron chi connectivity index (χ1n) is 12.4. The molecule has 204 valence electrons. The van der Waals surface area contributed by atoms with Gasteiger partial charge in [-0.2, -0.15) is 0 Å². The summed E-state index contributed by atoms with van der Waals surface area (Å²) in [5, 5.41) is 9.94. The normalized spacial score (nSPS) is 22.5. The molecule has 0 radical (unpaired) electrons. The molecule has 1 N–H and O–H groups in total. The highest BCUT2D eigenvalue weighted by Crippen LogP contribution is 2.31. The zero-order valence-electron chi connectivity index (χ0n) is 21.7. The summed E-state index contributed by atoms with van der Waals surface area (Å²) in [6, 6.07) is 19.3. The van der Waals surface area contributed by atoms with E-state index < -0.39 is 55.3 Å². The summed E-state index contributed by atoms with van der Waals surface area (Å²) in [6.07, 6.45) is -8.63. The molecule has 1 aliphatic heterocycles. The van der Waals surface area contributed by atoms with E-state index in [9.17, 15) is 19.5 Å². The summed E-state index contributed by atoms with van der Waals surface area (Å²) in [5.74, 6) is -2.58. The zero-order chi connectivity index (χ0) is 28.1. The van der Waals surface area contributed by atoms with Crippen LogP contribution in [0.4, 0.5) is 4.39 Å². The van der Waals surface area contributed by atoms with Crippen LogP contribution in [-0.4, -0.2) is 60.4 Å². The maximum Gasteiger partial charge on any atom is 0.338 e. The molecule has 0 spiro atoms. The van der Waals surface area contributed by atoms with Crippen molar-refractivity contribution in [2.45, 2.75) is 51.5 Å². The maximum absolute atomic E-state index is 15.3. The van der Waals surface area contributed by atoms with E-state index in [0.717, 1.165) is 16.7 Å². The second-order valence-electron chi connectivity index (χ2n) is 9.42. The Hall–Kier alpha value is -4.08. The smallest absolute Gasteiger partial charge is 0.338 e. The summed E-state index contributed by atoms with van der Waals surface area (Å²) in [5.41, 5.74) is 3.17. The Morgan fingerprint density at radius 3 is 1.33 bits per heavy atom. The Bertz CT molecular complexity index is 1300. The van der Waals surface area contributed by atoms with Crippen LogP contribution in [0.15, 0.2) is 72.8 Å². The minimum atomic E-state index is -2.29. The van der Waals surface area contributed by atoms with Crippen LogP contribution in [0.2, 0.25) is 0 Å². The molecule has 0 aliphatic carbocycles. The summed E-state index contributed by atoms with van der Waals surface area (Å²) in [4.78, 5) is 39.0. The largest absolute Gasteiger partial charge is 0.452 e. The van der Waals surface area contributed by atoms with E-state index >= 15 is 4.39 Å². The van der Waals surface area contributed by atoms with Crippen molar-refractivity contribution in [2.75, 3.05) is 6.61 Å². The van der Waals surface area contributed by atoms with E-state index in [0.29, 0.717) is 0 Å². The fraction of sp³-hybridized carbons (Fsp3) is 0.300. The average molecular weight is 537 g/mol. The quantitative estimate of drug-likeness (QED) is 0.352. The minimum Gasteiger partial charge on any atom is -0.452 e. The van der Waals surface area contributed by atoms with Gasteiger partial charge in [-0.25, -0.2) is 18.8 Å². The number of rotatable bonds is 7. The van der Waals surface area contributed by atoms with Gasteiger partial charge in [-0.05, 0) is 57.2 Å². The lowest BCUT2D eigenvalue weighted by molar-refractivity contribution is -0.261. The molecule has 1 heterocycles. The molecule has 0 bridgehead atoms. The molecule has 5 atom stereocenters. The number of hydrogen-bond acceptors (Lipinski definition) is 8. The number of hydrogen-bond donors (Lipinski definition) is 1. The van der Waals surface area contributed by atoms with Gasteiger partial charge < -0.3 is 24.1 Å². The standard InChI is InChI=1S/C30H29FO8/c1-17-4-10-20(11-5-17)28(33)37-24-23(16-32)36-27(31)26(39-30(35)22-14-8-19(3)9-15-22)25(24)38-29(34)21-12-6-18(2)7-13-21/h4-15,23-27,32H,16H2,1-3H3. The fourth-order valence-corrected chi connectivity index (χ4v) is 4.06. The number of aryl methyl sites for hydroxylation is 3. The minimum absolute atomic E-state index is 0.133. The van der Waals surface area contributed by atoms with E-state index in [2.05, 4.69) is 0 Å². The van der Waals surface area contributed by atoms with Gasteiger partial charge in [-0.15, -0.1) is 0 Å². The van der Waals surface area contributed by atoms with Crippen molar-refractivity contribution >= 4 is 17.9 Å². The molecule has 39 heavy (non-hydrogen) atoms. The molecule has 1 aliphatic rings. The zero-order valence-corrected chi connectivity index (χ0v) is 21.7. The predicted molar refractivity (Wildman–Crippen MR) is 138 cm³/mol. The van der Waals surface area contributed by atoms with Crippen molar-refractivity contribution in [3.63, 3.8) is 0 Å². The highest BCUT2D eigenvalue weighted by atomic mass is 19.1. The number of alkyl halides is 1. The first-order valence-corrected chi connectivity index (χ1v) is 12.4. The third kappa shape index (κ3) is 6.68. The fourth-order valence-electron chi connectivity index (χ4n) is 4.06. The van der Waals surface area contributed by atoms with Crippen molar-refractivity contribution < 1.29 is 42.8 Å². The molecule has 9 heteroatoms. The van der Waals surface area contributed by atoms with Crippen LogP contribution < -0.4 is 0 Å².